The maximum Gasteiger partial charge on any atom is 0.345 e. The molecule has 0 aromatic carbocycles. The summed E-state index contributed by atoms with van der Waals surface area (Å²) in [5.41, 5.74) is 4.05. The second kappa shape index (κ2) is 6.62. The number of pyridine rings is 1. The number of aromatic carboxylic acids is 1. The predicted octanol–water partition coefficient (Wildman–Crippen LogP) is 1.99. The van der Waals surface area contributed by atoms with Crippen LogP contribution in [0, 0.1) is 0 Å². The van der Waals surface area contributed by atoms with Crippen LogP contribution in [0.25, 0.3) is 11.6 Å². The van der Waals surface area contributed by atoms with Gasteiger partial charge in [0.25, 0.3) is 0 Å². The van der Waals surface area contributed by atoms with Crippen molar-refractivity contribution in [3.05, 3.63) is 35.2 Å². The highest BCUT2D eigenvalue weighted by Gasteiger charge is 2.27. The van der Waals surface area contributed by atoms with Gasteiger partial charge in [-0.2, -0.15) is 0 Å². The lowest BCUT2D eigenvalue weighted by atomic mass is 10.1. The van der Waals surface area contributed by atoms with Gasteiger partial charge in [0, 0.05) is 36.6 Å². The van der Waals surface area contributed by atoms with E-state index in [0.29, 0.717) is 37.7 Å². The van der Waals surface area contributed by atoms with Crippen LogP contribution in [0.4, 0.5) is 11.7 Å². The van der Waals surface area contributed by atoms with E-state index < -0.39 is 11.7 Å². The molecule has 2 aliphatic heterocycles. The van der Waals surface area contributed by atoms with Crippen LogP contribution in [-0.2, 0) is 4.74 Å². The number of fused-ring (bicyclic) bond motifs is 1. The molecule has 9 heteroatoms. The number of carbonyl (C=O) groups is 1. The number of carboxylic acids is 1. The van der Waals surface area contributed by atoms with Crippen LogP contribution >= 0.6 is 0 Å². The topological polar surface area (TPSA) is 120 Å². The number of hydrogen-bond donors (Lipinski definition) is 3. The number of morpholine rings is 1. The Morgan fingerprint density at radius 2 is 2.15 bits per heavy atom. The fraction of sp³-hybridized carbons (Fsp3) is 0.235. The Labute approximate surface area is 148 Å². The Balaban J connectivity index is 1.69. The van der Waals surface area contributed by atoms with Gasteiger partial charge in [0.15, 0.2) is 22.9 Å². The molecule has 4 rings (SSSR count). The summed E-state index contributed by atoms with van der Waals surface area (Å²) in [5.74, 6) is -1.14. The zero-order valence-corrected chi connectivity index (χ0v) is 13.7. The number of hydrazine groups is 1. The second-order valence-electron chi connectivity index (χ2n) is 5.77. The average Bonchev–Trinajstić information content (AvgIpc) is 3.18. The van der Waals surface area contributed by atoms with Gasteiger partial charge in [-0.1, -0.05) is 0 Å². The number of aromatic hydroxyl groups is 1. The fourth-order valence-electron chi connectivity index (χ4n) is 2.82. The number of carboxylic acid groups (broad SMARTS) is 1. The van der Waals surface area contributed by atoms with Crippen LogP contribution in [0.1, 0.15) is 21.7 Å². The number of furan rings is 1. The molecule has 0 aliphatic carbocycles. The standard InChI is InChI=1S/C17H16N4O5/c22-14-12(8-10-9-19-15-11(10)2-1-3-18-15)26-16(13(14)17(23)24)20-21-4-6-25-7-5-21/h1-3,8-9,20,22H,4-7H2,(H,23,24). The minimum Gasteiger partial charge on any atom is -0.504 e. The third-order valence-electron chi connectivity index (χ3n) is 4.10. The summed E-state index contributed by atoms with van der Waals surface area (Å²) in [4.78, 5) is 19.9. The highest BCUT2D eigenvalue weighted by atomic mass is 16.5. The number of ether oxygens (including phenoxy) is 1. The number of allylic oxidation sites excluding steroid dienone is 1. The van der Waals surface area contributed by atoms with Gasteiger partial charge in [-0.15, -0.1) is 0 Å². The third kappa shape index (κ3) is 2.93. The zero-order valence-electron chi connectivity index (χ0n) is 13.7. The Kier molecular flexibility index (Phi) is 4.15. The van der Waals surface area contributed by atoms with E-state index in [1.165, 1.54) is 0 Å². The maximum atomic E-state index is 11.6. The van der Waals surface area contributed by atoms with E-state index in [4.69, 9.17) is 9.15 Å². The lowest BCUT2D eigenvalue weighted by molar-refractivity contribution is 0.0484. The molecule has 26 heavy (non-hydrogen) atoms. The zero-order chi connectivity index (χ0) is 18.1. The summed E-state index contributed by atoms with van der Waals surface area (Å²) in [5, 5.41) is 21.6. The van der Waals surface area contributed by atoms with Gasteiger partial charge >= 0.3 is 5.97 Å². The highest BCUT2D eigenvalue weighted by molar-refractivity contribution is 6.21. The van der Waals surface area contributed by atoms with Gasteiger partial charge in [0.1, 0.15) is 0 Å². The summed E-state index contributed by atoms with van der Waals surface area (Å²) in [6, 6.07) is 3.61. The van der Waals surface area contributed by atoms with E-state index in [1.54, 1.807) is 29.6 Å². The molecule has 0 radical (unpaired) electrons. The van der Waals surface area contributed by atoms with Gasteiger partial charge in [-0.3, -0.25) is 5.43 Å². The first kappa shape index (κ1) is 16.3. The largest absolute Gasteiger partial charge is 0.504 e. The first-order valence-electron chi connectivity index (χ1n) is 8.03. The summed E-state index contributed by atoms with van der Waals surface area (Å²) in [7, 11) is 0. The van der Waals surface area contributed by atoms with Crippen molar-refractivity contribution < 1.29 is 24.2 Å². The van der Waals surface area contributed by atoms with Crippen molar-refractivity contribution in [1.82, 2.24) is 9.99 Å². The average molecular weight is 356 g/mol. The number of hydrogen-bond acceptors (Lipinski definition) is 8. The summed E-state index contributed by atoms with van der Waals surface area (Å²) < 4.78 is 10.9. The Bertz CT molecular complexity index is 912. The van der Waals surface area contributed by atoms with Crippen LogP contribution in [0.5, 0.6) is 5.75 Å². The molecular weight excluding hydrogens is 340 g/mol. The third-order valence-corrected chi connectivity index (χ3v) is 4.10. The van der Waals surface area contributed by atoms with E-state index in [-0.39, 0.29) is 17.2 Å². The fourth-order valence-corrected chi connectivity index (χ4v) is 2.82. The van der Waals surface area contributed by atoms with Crippen molar-refractivity contribution in [2.75, 3.05) is 31.7 Å². The quantitative estimate of drug-likeness (QED) is 0.761. The van der Waals surface area contributed by atoms with Crippen LogP contribution in [0.3, 0.4) is 0 Å². The van der Waals surface area contributed by atoms with Crippen LogP contribution < -0.4 is 5.43 Å². The molecule has 134 valence electrons. The highest BCUT2D eigenvalue weighted by Crippen LogP contribution is 2.38. The maximum absolute atomic E-state index is 11.6. The second-order valence-corrected chi connectivity index (χ2v) is 5.77. The molecule has 0 unspecified atom stereocenters. The number of nitrogens with one attached hydrogen (secondary N) is 1. The SMILES string of the molecule is O=C(O)c1c(NN2CCOCC2)oc(C=C2C=Nc3ncccc32)c1O. The molecular formula is C17H16N4O5. The lowest BCUT2D eigenvalue weighted by Gasteiger charge is -2.26. The summed E-state index contributed by atoms with van der Waals surface area (Å²) >= 11 is 0. The van der Waals surface area contributed by atoms with Crippen molar-refractivity contribution in [2.24, 2.45) is 4.99 Å². The number of nitrogens with zero attached hydrogens (tertiary/aromatic N) is 3. The molecule has 9 nitrogen and oxygen atoms in total. The van der Waals surface area contributed by atoms with Gasteiger partial charge < -0.3 is 19.4 Å². The predicted molar refractivity (Wildman–Crippen MR) is 93.6 cm³/mol. The van der Waals surface area contributed by atoms with E-state index in [0.717, 1.165) is 5.56 Å². The number of aliphatic imine (C=N–C) groups is 1. The van der Waals surface area contributed by atoms with E-state index in [1.807, 2.05) is 6.07 Å². The smallest absolute Gasteiger partial charge is 0.345 e. The molecule has 2 aromatic rings. The molecule has 0 amide bonds. The van der Waals surface area contributed by atoms with Gasteiger partial charge in [0.05, 0.1) is 13.2 Å². The Morgan fingerprint density at radius 3 is 2.92 bits per heavy atom. The minimum absolute atomic E-state index is 0.0231. The Hall–Kier alpha value is -3.17. The summed E-state index contributed by atoms with van der Waals surface area (Å²) in [6.45, 7) is 2.20. The molecule has 3 N–H and O–H groups in total. The molecule has 0 spiro atoms. The Morgan fingerprint density at radius 1 is 1.35 bits per heavy atom. The van der Waals surface area contributed by atoms with Crippen molar-refractivity contribution in [2.45, 2.75) is 0 Å². The van der Waals surface area contributed by atoms with Crippen molar-refractivity contribution >= 4 is 35.5 Å². The monoisotopic (exact) mass is 356 g/mol. The minimum atomic E-state index is -1.28. The van der Waals surface area contributed by atoms with Gasteiger partial charge in [-0.25, -0.2) is 19.8 Å². The first-order valence-corrected chi connectivity index (χ1v) is 8.03. The van der Waals surface area contributed by atoms with Crippen LogP contribution in [-0.4, -0.2) is 58.7 Å². The molecule has 2 aromatic heterocycles. The van der Waals surface area contributed by atoms with Gasteiger partial charge in [-0.05, 0) is 18.2 Å². The van der Waals surface area contributed by atoms with Crippen LogP contribution in [0.15, 0.2) is 27.7 Å². The van der Waals surface area contributed by atoms with Crippen molar-refractivity contribution in [1.29, 1.82) is 0 Å². The lowest BCUT2D eigenvalue weighted by Crippen LogP contribution is -2.40. The molecule has 4 heterocycles. The van der Waals surface area contributed by atoms with E-state index >= 15 is 0 Å². The van der Waals surface area contributed by atoms with E-state index in [2.05, 4.69) is 15.4 Å². The van der Waals surface area contributed by atoms with E-state index in [9.17, 15) is 15.0 Å². The molecule has 2 aliphatic rings. The first-order chi connectivity index (χ1) is 12.6. The van der Waals surface area contributed by atoms with Crippen molar-refractivity contribution in [3.8, 4) is 5.75 Å². The van der Waals surface area contributed by atoms with Crippen molar-refractivity contribution in [3.63, 3.8) is 0 Å². The molecule has 1 saturated heterocycles. The molecule has 0 atom stereocenters. The number of aromatic nitrogens is 1. The molecule has 0 saturated carbocycles. The normalized spacial score (nSPS) is 18.2. The molecule has 0 bridgehead atoms. The van der Waals surface area contributed by atoms with Crippen LogP contribution in [0.2, 0.25) is 0 Å². The number of rotatable bonds is 4. The van der Waals surface area contributed by atoms with Gasteiger partial charge in [0.2, 0.25) is 5.88 Å². The number of anilines is 1. The summed E-state index contributed by atoms with van der Waals surface area (Å²) in [6.07, 6.45) is 4.77. The molecule has 1 fully saturated rings.